The Bertz CT molecular complexity index is 1030. The third-order valence-electron chi connectivity index (χ3n) is 4.22. The van der Waals surface area contributed by atoms with E-state index in [0.29, 0.717) is 17.9 Å². The van der Waals surface area contributed by atoms with Gasteiger partial charge >= 0.3 is 0 Å². The number of rotatable bonds is 8. The summed E-state index contributed by atoms with van der Waals surface area (Å²) in [5.41, 5.74) is 0.928. The lowest BCUT2D eigenvalue weighted by atomic mass is 10.2. The molecule has 0 saturated carbocycles. The highest BCUT2D eigenvalue weighted by molar-refractivity contribution is 7.94. The SMILES string of the molecule is C[C@@H](COc1ccccc1)NC(=O)c1ccc(N(C)S(=O)(=O)c2cccs2)cc1. The lowest BCUT2D eigenvalue weighted by Gasteiger charge is -2.19. The maximum Gasteiger partial charge on any atom is 0.273 e. The van der Waals surface area contributed by atoms with Gasteiger partial charge in [-0.25, -0.2) is 8.42 Å². The van der Waals surface area contributed by atoms with E-state index in [1.165, 1.54) is 22.7 Å². The number of benzene rings is 2. The molecule has 0 fully saturated rings. The normalized spacial score (nSPS) is 12.2. The van der Waals surface area contributed by atoms with Crippen LogP contribution in [0.25, 0.3) is 0 Å². The van der Waals surface area contributed by atoms with Gasteiger partial charge in [-0.3, -0.25) is 9.10 Å². The van der Waals surface area contributed by atoms with Gasteiger partial charge in [-0.2, -0.15) is 0 Å². The monoisotopic (exact) mass is 430 g/mol. The summed E-state index contributed by atoms with van der Waals surface area (Å²) in [4.78, 5) is 12.4. The Kier molecular flexibility index (Phi) is 6.56. The highest BCUT2D eigenvalue weighted by atomic mass is 32.2. The number of carbonyl (C=O) groups is 1. The number of carbonyl (C=O) groups excluding carboxylic acids is 1. The molecule has 152 valence electrons. The first-order valence-electron chi connectivity index (χ1n) is 8.99. The van der Waals surface area contributed by atoms with E-state index in [4.69, 9.17) is 4.74 Å². The minimum absolute atomic E-state index is 0.190. The number of nitrogens with one attached hydrogen (secondary N) is 1. The Hall–Kier alpha value is -2.84. The van der Waals surface area contributed by atoms with Crippen molar-refractivity contribution >= 4 is 33.0 Å². The molecule has 3 aromatic rings. The lowest BCUT2D eigenvalue weighted by Crippen LogP contribution is -2.36. The fourth-order valence-corrected chi connectivity index (χ4v) is 4.95. The maximum absolute atomic E-state index is 12.6. The Labute approximate surface area is 174 Å². The summed E-state index contributed by atoms with van der Waals surface area (Å²) >= 11 is 1.17. The third-order valence-corrected chi connectivity index (χ3v) is 7.38. The maximum atomic E-state index is 12.6. The molecule has 0 saturated heterocycles. The second kappa shape index (κ2) is 9.11. The highest BCUT2D eigenvalue weighted by Crippen LogP contribution is 2.25. The lowest BCUT2D eigenvalue weighted by molar-refractivity contribution is 0.0926. The molecule has 0 bridgehead atoms. The minimum Gasteiger partial charge on any atom is -0.491 e. The van der Waals surface area contributed by atoms with Crippen LogP contribution in [0.4, 0.5) is 5.69 Å². The minimum atomic E-state index is -3.60. The van der Waals surface area contributed by atoms with Gasteiger partial charge in [0.15, 0.2) is 0 Å². The number of ether oxygens (including phenoxy) is 1. The van der Waals surface area contributed by atoms with Gasteiger partial charge in [0.25, 0.3) is 15.9 Å². The van der Waals surface area contributed by atoms with Crippen LogP contribution in [0.2, 0.25) is 0 Å². The number of amides is 1. The molecule has 0 aliphatic heterocycles. The summed E-state index contributed by atoms with van der Waals surface area (Å²) in [6.07, 6.45) is 0. The van der Waals surface area contributed by atoms with Gasteiger partial charge in [-0.05, 0) is 54.8 Å². The summed E-state index contributed by atoms with van der Waals surface area (Å²) < 4.78 is 32.3. The first-order chi connectivity index (χ1) is 13.9. The summed E-state index contributed by atoms with van der Waals surface area (Å²) in [5, 5.41) is 4.59. The average molecular weight is 431 g/mol. The number of nitrogens with zero attached hydrogens (tertiary/aromatic N) is 1. The fourth-order valence-electron chi connectivity index (χ4n) is 2.59. The van der Waals surface area contributed by atoms with Crippen molar-refractivity contribution in [3.05, 3.63) is 77.7 Å². The van der Waals surface area contributed by atoms with Crippen LogP contribution in [-0.4, -0.2) is 34.0 Å². The van der Waals surface area contributed by atoms with Crippen molar-refractivity contribution in [1.82, 2.24) is 5.32 Å². The second-order valence-electron chi connectivity index (χ2n) is 6.45. The molecule has 0 radical (unpaired) electrons. The Balaban J connectivity index is 1.60. The summed E-state index contributed by atoms with van der Waals surface area (Å²) in [5.74, 6) is 0.498. The van der Waals surface area contributed by atoms with Gasteiger partial charge in [0, 0.05) is 12.6 Å². The van der Waals surface area contributed by atoms with Gasteiger partial charge in [0.1, 0.15) is 16.6 Å². The van der Waals surface area contributed by atoms with Crippen LogP contribution in [0.5, 0.6) is 5.75 Å². The van der Waals surface area contributed by atoms with Gasteiger partial charge in [0.2, 0.25) is 0 Å². The van der Waals surface area contributed by atoms with Crippen LogP contribution in [0, 0.1) is 0 Å². The zero-order valence-electron chi connectivity index (χ0n) is 16.1. The topological polar surface area (TPSA) is 75.7 Å². The zero-order chi connectivity index (χ0) is 20.9. The van der Waals surface area contributed by atoms with Gasteiger partial charge in [-0.1, -0.05) is 24.3 Å². The third kappa shape index (κ3) is 5.16. The molecule has 2 aromatic carbocycles. The van der Waals surface area contributed by atoms with Crippen molar-refractivity contribution in [1.29, 1.82) is 0 Å². The van der Waals surface area contributed by atoms with Crippen LogP contribution in [0.15, 0.2) is 76.3 Å². The summed E-state index contributed by atoms with van der Waals surface area (Å²) in [6.45, 7) is 2.20. The average Bonchev–Trinajstić information content (AvgIpc) is 3.28. The van der Waals surface area contributed by atoms with E-state index in [0.717, 1.165) is 5.75 Å². The number of hydrogen-bond donors (Lipinski definition) is 1. The van der Waals surface area contributed by atoms with Gasteiger partial charge in [-0.15, -0.1) is 11.3 Å². The number of thiophene rings is 1. The number of anilines is 1. The smallest absolute Gasteiger partial charge is 0.273 e. The van der Waals surface area contributed by atoms with Crippen LogP contribution in [-0.2, 0) is 10.0 Å². The number of sulfonamides is 1. The summed E-state index contributed by atoms with van der Waals surface area (Å²) in [7, 11) is -2.11. The molecule has 1 atom stereocenters. The van der Waals surface area contributed by atoms with Crippen molar-refractivity contribution in [2.24, 2.45) is 0 Å². The Morgan fingerprint density at radius 1 is 1.07 bits per heavy atom. The molecular formula is C21H22N2O4S2. The largest absolute Gasteiger partial charge is 0.491 e. The van der Waals surface area contributed by atoms with Crippen molar-refractivity contribution in [3.63, 3.8) is 0 Å². The second-order valence-corrected chi connectivity index (χ2v) is 9.59. The molecule has 29 heavy (non-hydrogen) atoms. The van der Waals surface area contributed by atoms with Gasteiger partial charge < -0.3 is 10.1 Å². The Morgan fingerprint density at radius 3 is 2.38 bits per heavy atom. The van der Waals surface area contributed by atoms with E-state index in [2.05, 4.69) is 5.32 Å². The molecule has 0 aliphatic carbocycles. The highest BCUT2D eigenvalue weighted by Gasteiger charge is 2.22. The zero-order valence-corrected chi connectivity index (χ0v) is 17.7. The summed E-state index contributed by atoms with van der Waals surface area (Å²) in [6, 6.07) is 18.9. The van der Waals surface area contributed by atoms with Crippen LogP contribution in [0.3, 0.4) is 0 Å². The van der Waals surface area contributed by atoms with E-state index >= 15 is 0 Å². The molecule has 0 unspecified atom stereocenters. The van der Waals surface area contributed by atoms with Crippen molar-refractivity contribution in [2.75, 3.05) is 18.0 Å². The van der Waals surface area contributed by atoms with Crippen LogP contribution >= 0.6 is 11.3 Å². The van der Waals surface area contributed by atoms with E-state index in [9.17, 15) is 13.2 Å². The van der Waals surface area contributed by atoms with Crippen LogP contribution < -0.4 is 14.4 Å². The van der Waals surface area contributed by atoms with Crippen molar-refractivity contribution in [2.45, 2.75) is 17.2 Å². The molecule has 1 heterocycles. The van der Waals surface area contributed by atoms with E-state index < -0.39 is 10.0 Å². The standard InChI is InChI=1S/C21H22N2O4S2/c1-16(15-27-19-7-4-3-5-8-19)22-21(24)17-10-12-18(13-11-17)23(2)29(25,26)20-9-6-14-28-20/h3-14,16H,15H2,1-2H3,(H,22,24)/t16-/m0/s1. The van der Waals surface area contributed by atoms with E-state index in [1.54, 1.807) is 41.8 Å². The molecule has 0 spiro atoms. The predicted octanol–water partition coefficient (Wildman–Crippen LogP) is 3.77. The first kappa shape index (κ1) is 20.9. The molecule has 3 rings (SSSR count). The first-order valence-corrected chi connectivity index (χ1v) is 11.3. The van der Waals surface area contributed by atoms with E-state index in [1.807, 2.05) is 37.3 Å². The van der Waals surface area contributed by atoms with Crippen molar-refractivity contribution in [3.8, 4) is 5.75 Å². The molecule has 1 amide bonds. The molecule has 6 nitrogen and oxygen atoms in total. The number of hydrogen-bond acceptors (Lipinski definition) is 5. The fraction of sp³-hybridized carbons (Fsp3) is 0.190. The number of para-hydroxylation sites is 1. The molecule has 0 aliphatic rings. The molecule has 1 N–H and O–H groups in total. The van der Waals surface area contributed by atoms with Crippen LogP contribution in [0.1, 0.15) is 17.3 Å². The quantitative estimate of drug-likeness (QED) is 0.590. The molecular weight excluding hydrogens is 408 g/mol. The van der Waals surface area contributed by atoms with Crippen molar-refractivity contribution < 1.29 is 17.9 Å². The Morgan fingerprint density at radius 2 is 1.76 bits per heavy atom. The molecule has 8 heteroatoms. The molecule has 1 aromatic heterocycles. The predicted molar refractivity (Wildman–Crippen MR) is 115 cm³/mol. The van der Waals surface area contributed by atoms with E-state index in [-0.39, 0.29) is 16.2 Å². The van der Waals surface area contributed by atoms with Gasteiger partial charge in [0.05, 0.1) is 11.7 Å².